The highest BCUT2D eigenvalue weighted by Crippen LogP contribution is 2.15. The van der Waals surface area contributed by atoms with E-state index in [0.717, 1.165) is 0 Å². The van der Waals surface area contributed by atoms with Gasteiger partial charge in [0.1, 0.15) is 17.5 Å². The van der Waals surface area contributed by atoms with Gasteiger partial charge in [-0.3, -0.25) is 9.78 Å². The molecular formula is C16H20N2O3. The van der Waals surface area contributed by atoms with Gasteiger partial charge in [0, 0.05) is 12.8 Å². The number of furan rings is 1. The van der Waals surface area contributed by atoms with Gasteiger partial charge in [-0.1, -0.05) is 19.9 Å². The first-order valence-electron chi connectivity index (χ1n) is 7.00. The van der Waals surface area contributed by atoms with Crippen LogP contribution in [0.2, 0.25) is 0 Å². The van der Waals surface area contributed by atoms with E-state index in [1.54, 1.807) is 36.7 Å². The van der Waals surface area contributed by atoms with Crippen LogP contribution in [0.1, 0.15) is 36.1 Å². The van der Waals surface area contributed by atoms with Gasteiger partial charge in [-0.05, 0) is 30.2 Å². The number of ether oxygens (including phenoxy) is 1. The Kier molecular flexibility index (Phi) is 5.51. The molecule has 1 atom stereocenters. The number of amides is 1. The van der Waals surface area contributed by atoms with Crippen LogP contribution < -0.4 is 5.32 Å². The number of hydrogen-bond donors (Lipinski definition) is 1. The van der Waals surface area contributed by atoms with E-state index < -0.39 is 0 Å². The van der Waals surface area contributed by atoms with Crippen molar-refractivity contribution in [1.29, 1.82) is 0 Å². The number of aromatic nitrogens is 1. The Labute approximate surface area is 124 Å². The molecule has 0 aliphatic heterocycles. The molecule has 2 aromatic heterocycles. The molecule has 5 nitrogen and oxygen atoms in total. The van der Waals surface area contributed by atoms with Gasteiger partial charge in [-0.15, -0.1) is 0 Å². The Bertz CT molecular complexity index is 538. The molecule has 0 saturated heterocycles. The normalized spacial score (nSPS) is 12.3. The SMILES string of the molecule is CC(C)COCC(NC(=O)c1ccccn1)c1ccco1. The average Bonchev–Trinajstić information content (AvgIpc) is 3.01. The summed E-state index contributed by atoms with van der Waals surface area (Å²) < 4.78 is 11.0. The van der Waals surface area contributed by atoms with Crippen molar-refractivity contribution in [2.75, 3.05) is 13.2 Å². The maximum Gasteiger partial charge on any atom is 0.270 e. The average molecular weight is 288 g/mol. The lowest BCUT2D eigenvalue weighted by molar-refractivity contribution is 0.0727. The smallest absolute Gasteiger partial charge is 0.270 e. The molecule has 21 heavy (non-hydrogen) atoms. The molecule has 5 heteroatoms. The summed E-state index contributed by atoms with van der Waals surface area (Å²) in [6, 6.07) is 8.50. The van der Waals surface area contributed by atoms with Gasteiger partial charge >= 0.3 is 0 Å². The van der Waals surface area contributed by atoms with Crippen LogP contribution >= 0.6 is 0 Å². The second-order valence-electron chi connectivity index (χ2n) is 5.19. The van der Waals surface area contributed by atoms with Crippen LogP contribution in [0.25, 0.3) is 0 Å². The third-order valence-corrected chi connectivity index (χ3v) is 2.83. The highest BCUT2D eigenvalue weighted by atomic mass is 16.5. The topological polar surface area (TPSA) is 64.4 Å². The van der Waals surface area contributed by atoms with Crippen molar-refractivity contribution in [3.8, 4) is 0 Å². The minimum absolute atomic E-state index is 0.245. The zero-order chi connectivity index (χ0) is 15.1. The third kappa shape index (κ3) is 4.72. The number of carbonyl (C=O) groups excluding carboxylic acids is 1. The molecule has 0 aliphatic carbocycles. The van der Waals surface area contributed by atoms with Crippen LogP contribution in [0.4, 0.5) is 0 Å². The molecule has 2 rings (SSSR count). The van der Waals surface area contributed by atoms with Crippen LogP contribution in [-0.4, -0.2) is 24.1 Å². The van der Waals surface area contributed by atoms with Gasteiger partial charge in [0.05, 0.1) is 12.9 Å². The molecule has 0 spiro atoms. The highest BCUT2D eigenvalue weighted by Gasteiger charge is 2.19. The van der Waals surface area contributed by atoms with Crippen molar-refractivity contribution in [2.45, 2.75) is 19.9 Å². The molecule has 1 unspecified atom stereocenters. The largest absolute Gasteiger partial charge is 0.467 e. The number of nitrogens with one attached hydrogen (secondary N) is 1. The van der Waals surface area contributed by atoms with E-state index in [9.17, 15) is 4.79 Å². The van der Waals surface area contributed by atoms with E-state index in [0.29, 0.717) is 30.6 Å². The molecule has 0 aliphatic rings. The lowest BCUT2D eigenvalue weighted by Gasteiger charge is -2.17. The summed E-state index contributed by atoms with van der Waals surface area (Å²) in [5, 5.41) is 2.89. The minimum atomic E-state index is -0.326. The minimum Gasteiger partial charge on any atom is -0.467 e. The van der Waals surface area contributed by atoms with Gasteiger partial charge < -0.3 is 14.5 Å². The molecular weight excluding hydrogens is 268 g/mol. The predicted octanol–water partition coefficient (Wildman–Crippen LogP) is 2.82. The Morgan fingerprint density at radius 2 is 2.14 bits per heavy atom. The quantitative estimate of drug-likeness (QED) is 0.851. The van der Waals surface area contributed by atoms with Crippen molar-refractivity contribution in [3.63, 3.8) is 0 Å². The fourth-order valence-electron chi connectivity index (χ4n) is 1.84. The van der Waals surface area contributed by atoms with Crippen LogP contribution in [0.15, 0.2) is 47.2 Å². The molecule has 1 amide bonds. The Balaban J connectivity index is 2.00. The summed E-state index contributed by atoms with van der Waals surface area (Å²) in [6.07, 6.45) is 3.17. The maximum absolute atomic E-state index is 12.2. The monoisotopic (exact) mass is 288 g/mol. The summed E-state index contributed by atoms with van der Waals surface area (Å²) in [7, 11) is 0. The maximum atomic E-state index is 12.2. The molecule has 1 N–H and O–H groups in total. The summed E-state index contributed by atoms with van der Waals surface area (Å²) in [5.41, 5.74) is 0.373. The van der Waals surface area contributed by atoms with Gasteiger partial charge in [-0.25, -0.2) is 0 Å². The molecule has 0 saturated carbocycles. The predicted molar refractivity (Wildman–Crippen MR) is 78.8 cm³/mol. The second kappa shape index (κ2) is 7.59. The molecule has 0 aromatic carbocycles. The van der Waals surface area contributed by atoms with Crippen LogP contribution in [0.3, 0.4) is 0 Å². The van der Waals surface area contributed by atoms with Crippen LogP contribution in [0, 0.1) is 5.92 Å². The van der Waals surface area contributed by atoms with E-state index >= 15 is 0 Å². The first kappa shape index (κ1) is 15.3. The summed E-state index contributed by atoms with van der Waals surface area (Å²) in [5.74, 6) is 0.863. The number of hydrogen-bond acceptors (Lipinski definition) is 4. The van der Waals surface area contributed by atoms with Gasteiger partial charge in [0.2, 0.25) is 0 Å². The summed E-state index contributed by atoms with van der Waals surface area (Å²) >= 11 is 0. The number of carbonyl (C=O) groups is 1. The molecule has 112 valence electrons. The fraction of sp³-hybridized carbons (Fsp3) is 0.375. The number of rotatable bonds is 7. The van der Waals surface area contributed by atoms with Gasteiger partial charge in [0.25, 0.3) is 5.91 Å². The van der Waals surface area contributed by atoms with Gasteiger partial charge in [0.15, 0.2) is 0 Å². The number of pyridine rings is 1. The van der Waals surface area contributed by atoms with Crippen LogP contribution in [0.5, 0.6) is 0 Å². The van der Waals surface area contributed by atoms with Crippen molar-refractivity contribution in [2.24, 2.45) is 5.92 Å². The first-order valence-corrected chi connectivity index (χ1v) is 7.00. The molecule has 2 aromatic rings. The lowest BCUT2D eigenvalue weighted by atomic mass is 10.2. The number of nitrogens with zero attached hydrogens (tertiary/aromatic N) is 1. The summed E-state index contributed by atoms with van der Waals surface area (Å²) in [6.45, 7) is 5.16. The Morgan fingerprint density at radius 1 is 1.29 bits per heavy atom. The van der Waals surface area contributed by atoms with Crippen molar-refractivity contribution in [1.82, 2.24) is 10.3 Å². The van der Waals surface area contributed by atoms with Crippen molar-refractivity contribution >= 4 is 5.91 Å². The Morgan fingerprint density at radius 3 is 2.76 bits per heavy atom. The van der Waals surface area contributed by atoms with Gasteiger partial charge in [-0.2, -0.15) is 0 Å². The van der Waals surface area contributed by atoms with Crippen LogP contribution in [-0.2, 0) is 4.74 Å². The summed E-state index contributed by atoms with van der Waals surface area (Å²) in [4.78, 5) is 16.2. The Hall–Kier alpha value is -2.14. The lowest BCUT2D eigenvalue weighted by Crippen LogP contribution is -2.32. The molecule has 0 bridgehead atoms. The van der Waals surface area contributed by atoms with Crippen molar-refractivity contribution < 1.29 is 13.9 Å². The standard InChI is InChI=1S/C16H20N2O3/c1-12(2)10-20-11-14(15-7-5-9-21-15)18-16(19)13-6-3-4-8-17-13/h3-9,12,14H,10-11H2,1-2H3,(H,18,19). The molecule has 0 radical (unpaired) electrons. The highest BCUT2D eigenvalue weighted by molar-refractivity contribution is 5.92. The third-order valence-electron chi connectivity index (χ3n) is 2.83. The second-order valence-corrected chi connectivity index (χ2v) is 5.19. The van der Waals surface area contributed by atoms with E-state index in [4.69, 9.17) is 9.15 Å². The molecule has 0 fully saturated rings. The van der Waals surface area contributed by atoms with E-state index in [1.807, 2.05) is 6.07 Å². The van der Waals surface area contributed by atoms with E-state index in [1.165, 1.54) is 0 Å². The zero-order valence-corrected chi connectivity index (χ0v) is 12.3. The zero-order valence-electron chi connectivity index (χ0n) is 12.3. The fourth-order valence-corrected chi connectivity index (χ4v) is 1.84. The first-order chi connectivity index (χ1) is 10.2. The molecule has 2 heterocycles. The van der Waals surface area contributed by atoms with Crippen molar-refractivity contribution in [3.05, 3.63) is 54.2 Å². The van der Waals surface area contributed by atoms with E-state index in [2.05, 4.69) is 24.1 Å². The van der Waals surface area contributed by atoms with E-state index in [-0.39, 0.29) is 11.9 Å².